The molecule has 1 aromatic heterocycles. The lowest BCUT2D eigenvalue weighted by molar-refractivity contribution is -0.131. The van der Waals surface area contributed by atoms with E-state index in [2.05, 4.69) is 23.9 Å². The SMILES string of the molecule is C=CCN1C(=O)C[C@H](c2ccccc2)C12CCN(C(=O)c1cc(C3CC3)on1)CC2. The Bertz CT molecular complexity index is 955. The van der Waals surface area contributed by atoms with Gasteiger partial charge in [-0.3, -0.25) is 9.59 Å². The summed E-state index contributed by atoms with van der Waals surface area (Å²) in [5.41, 5.74) is 1.33. The highest BCUT2D eigenvalue weighted by atomic mass is 16.5. The molecule has 2 amide bonds. The van der Waals surface area contributed by atoms with Gasteiger partial charge in [0.2, 0.25) is 5.91 Å². The Morgan fingerprint density at radius 3 is 2.63 bits per heavy atom. The van der Waals surface area contributed by atoms with Crippen molar-refractivity contribution < 1.29 is 14.1 Å². The van der Waals surface area contributed by atoms with Gasteiger partial charge in [-0.15, -0.1) is 6.58 Å². The van der Waals surface area contributed by atoms with Crippen LogP contribution in [-0.4, -0.2) is 51.9 Å². The van der Waals surface area contributed by atoms with Crippen molar-refractivity contribution in [3.05, 3.63) is 66.1 Å². The lowest BCUT2D eigenvalue weighted by Gasteiger charge is -2.47. The van der Waals surface area contributed by atoms with E-state index in [1.807, 2.05) is 28.0 Å². The number of carbonyl (C=O) groups is 2. The normalized spacial score (nSPS) is 23.2. The Hall–Kier alpha value is -2.89. The van der Waals surface area contributed by atoms with Crippen LogP contribution in [0.2, 0.25) is 0 Å². The molecule has 1 spiro atoms. The van der Waals surface area contributed by atoms with E-state index in [1.165, 1.54) is 5.56 Å². The standard InChI is InChI=1S/C24H27N3O3/c1-2-12-27-22(28)15-19(17-6-4-3-5-7-17)24(27)10-13-26(14-11-24)23(29)20-16-21(30-25-20)18-8-9-18/h2-7,16,18-19H,1,8-15H2/t19-/m1/s1. The van der Waals surface area contributed by atoms with Crippen LogP contribution in [0.5, 0.6) is 0 Å². The summed E-state index contributed by atoms with van der Waals surface area (Å²) in [6.45, 7) is 5.62. The Kier molecular flexibility index (Phi) is 4.72. The molecular formula is C24H27N3O3. The Labute approximate surface area is 176 Å². The number of hydrogen-bond donors (Lipinski definition) is 0. The lowest BCUT2D eigenvalue weighted by atomic mass is 9.73. The Balaban J connectivity index is 1.37. The van der Waals surface area contributed by atoms with E-state index in [4.69, 9.17) is 4.52 Å². The number of amides is 2. The molecular weight excluding hydrogens is 378 g/mol. The predicted molar refractivity (Wildman–Crippen MR) is 112 cm³/mol. The molecule has 156 valence electrons. The first-order valence-corrected chi connectivity index (χ1v) is 10.8. The van der Waals surface area contributed by atoms with Crippen molar-refractivity contribution in [2.75, 3.05) is 19.6 Å². The average molecular weight is 405 g/mol. The van der Waals surface area contributed by atoms with Gasteiger partial charge in [-0.1, -0.05) is 41.6 Å². The molecule has 3 heterocycles. The van der Waals surface area contributed by atoms with Crippen LogP contribution in [0.1, 0.15) is 65.8 Å². The van der Waals surface area contributed by atoms with Crippen LogP contribution in [0.4, 0.5) is 0 Å². The molecule has 0 radical (unpaired) electrons. The third kappa shape index (κ3) is 3.15. The molecule has 6 heteroatoms. The van der Waals surface area contributed by atoms with Crippen LogP contribution in [0, 0.1) is 0 Å². The van der Waals surface area contributed by atoms with Gasteiger partial charge >= 0.3 is 0 Å². The van der Waals surface area contributed by atoms with Crippen molar-refractivity contribution in [1.29, 1.82) is 0 Å². The van der Waals surface area contributed by atoms with Crippen LogP contribution in [-0.2, 0) is 4.79 Å². The molecule has 0 bridgehead atoms. The number of benzene rings is 1. The van der Waals surface area contributed by atoms with Crippen LogP contribution in [0.25, 0.3) is 0 Å². The van der Waals surface area contributed by atoms with Crippen LogP contribution < -0.4 is 0 Å². The van der Waals surface area contributed by atoms with Gasteiger partial charge in [0.05, 0.1) is 5.54 Å². The van der Waals surface area contributed by atoms with E-state index in [-0.39, 0.29) is 23.3 Å². The zero-order valence-corrected chi connectivity index (χ0v) is 17.1. The molecule has 3 fully saturated rings. The van der Waals surface area contributed by atoms with E-state index in [0.717, 1.165) is 31.4 Å². The van der Waals surface area contributed by atoms with Gasteiger partial charge in [0.15, 0.2) is 5.69 Å². The second-order valence-corrected chi connectivity index (χ2v) is 8.74. The molecule has 1 aromatic carbocycles. The maximum absolute atomic E-state index is 13.0. The second kappa shape index (κ2) is 7.42. The summed E-state index contributed by atoms with van der Waals surface area (Å²) in [5.74, 6) is 1.50. The lowest BCUT2D eigenvalue weighted by Crippen LogP contribution is -2.56. The molecule has 6 nitrogen and oxygen atoms in total. The van der Waals surface area contributed by atoms with E-state index < -0.39 is 0 Å². The smallest absolute Gasteiger partial charge is 0.276 e. The quantitative estimate of drug-likeness (QED) is 0.711. The van der Waals surface area contributed by atoms with Crippen molar-refractivity contribution in [3.63, 3.8) is 0 Å². The molecule has 1 saturated carbocycles. The minimum atomic E-state index is -0.271. The third-order valence-electron chi connectivity index (χ3n) is 7.02. The summed E-state index contributed by atoms with van der Waals surface area (Å²) >= 11 is 0. The number of carbonyl (C=O) groups excluding carboxylic acids is 2. The van der Waals surface area contributed by atoms with Crippen LogP contribution in [0.15, 0.2) is 53.6 Å². The first-order valence-electron chi connectivity index (χ1n) is 10.8. The van der Waals surface area contributed by atoms with Gasteiger partial charge in [-0.05, 0) is 31.2 Å². The summed E-state index contributed by atoms with van der Waals surface area (Å²) < 4.78 is 5.37. The van der Waals surface area contributed by atoms with Crippen molar-refractivity contribution in [2.24, 2.45) is 0 Å². The number of rotatable bonds is 5. The van der Waals surface area contributed by atoms with E-state index in [0.29, 0.717) is 37.7 Å². The highest BCUT2D eigenvalue weighted by molar-refractivity contribution is 5.92. The number of likely N-dealkylation sites (tertiary alicyclic amines) is 2. The average Bonchev–Trinajstić information content (AvgIpc) is 3.46. The number of hydrogen-bond acceptors (Lipinski definition) is 4. The predicted octanol–water partition coefficient (Wildman–Crippen LogP) is 3.73. The molecule has 30 heavy (non-hydrogen) atoms. The molecule has 0 unspecified atom stereocenters. The fourth-order valence-corrected chi connectivity index (χ4v) is 5.27. The summed E-state index contributed by atoms with van der Waals surface area (Å²) in [7, 11) is 0. The molecule has 5 rings (SSSR count). The third-order valence-corrected chi connectivity index (χ3v) is 7.02. The monoisotopic (exact) mass is 405 g/mol. The van der Waals surface area contributed by atoms with E-state index in [1.54, 1.807) is 12.1 Å². The van der Waals surface area contributed by atoms with E-state index >= 15 is 0 Å². The first kappa shape index (κ1) is 19.1. The summed E-state index contributed by atoms with van der Waals surface area (Å²) in [4.78, 5) is 29.8. The van der Waals surface area contributed by atoms with Crippen LogP contribution in [0.3, 0.4) is 0 Å². The zero-order valence-electron chi connectivity index (χ0n) is 17.1. The summed E-state index contributed by atoms with van der Waals surface area (Å²) in [6.07, 6.45) is 6.06. The topological polar surface area (TPSA) is 66.7 Å². The zero-order chi connectivity index (χ0) is 20.7. The molecule has 1 aliphatic carbocycles. The molecule has 0 N–H and O–H groups in total. The van der Waals surface area contributed by atoms with E-state index in [9.17, 15) is 9.59 Å². The Morgan fingerprint density at radius 2 is 1.97 bits per heavy atom. The largest absolute Gasteiger partial charge is 0.360 e. The fraction of sp³-hybridized carbons (Fsp3) is 0.458. The van der Waals surface area contributed by atoms with Crippen molar-refractivity contribution in [1.82, 2.24) is 15.0 Å². The van der Waals surface area contributed by atoms with Crippen molar-refractivity contribution in [3.8, 4) is 0 Å². The van der Waals surface area contributed by atoms with Gasteiger partial charge in [0.1, 0.15) is 5.76 Å². The van der Waals surface area contributed by atoms with Crippen molar-refractivity contribution >= 4 is 11.8 Å². The minimum Gasteiger partial charge on any atom is -0.360 e. The van der Waals surface area contributed by atoms with Gasteiger partial charge in [-0.25, -0.2) is 0 Å². The number of aromatic nitrogens is 1. The van der Waals surface area contributed by atoms with Crippen LogP contribution >= 0.6 is 0 Å². The number of nitrogens with zero attached hydrogens (tertiary/aromatic N) is 3. The first-order chi connectivity index (χ1) is 14.6. The maximum atomic E-state index is 13.0. The molecule has 1 atom stereocenters. The maximum Gasteiger partial charge on any atom is 0.276 e. The van der Waals surface area contributed by atoms with Gasteiger partial charge in [-0.2, -0.15) is 0 Å². The van der Waals surface area contributed by atoms with Gasteiger partial charge < -0.3 is 14.3 Å². The Morgan fingerprint density at radius 1 is 1.23 bits per heavy atom. The summed E-state index contributed by atoms with van der Waals surface area (Å²) in [6, 6.07) is 12.1. The molecule has 2 saturated heterocycles. The highest BCUT2D eigenvalue weighted by Gasteiger charge is 2.54. The molecule has 2 aliphatic heterocycles. The fourth-order valence-electron chi connectivity index (χ4n) is 5.27. The van der Waals surface area contributed by atoms with Gasteiger partial charge in [0.25, 0.3) is 5.91 Å². The summed E-state index contributed by atoms with van der Waals surface area (Å²) in [5, 5.41) is 4.02. The number of piperidine rings is 1. The van der Waals surface area contributed by atoms with Gasteiger partial charge in [0, 0.05) is 44.0 Å². The molecule has 2 aromatic rings. The highest BCUT2D eigenvalue weighted by Crippen LogP contribution is 2.49. The minimum absolute atomic E-state index is 0.0728. The molecule has 3 aliphatic rings. The van der Waals surface area contributed by atoms with Crippen molar-refractivity contribution in [2.45, 2.75) is 49.5 Å². The second-order valence-electron chi connectivity index (χ2n) is 8.74.